The van der Waals surface area contributed by atoms with Crippen LogP contribution in [0.4, 0.5) is 0 Å². The molecular weight excluding hydrogens is 450 g/mol. The van der Waals surface area contributed by atoms with Crippen molar-refractivity contribution in [3.8, 4) is 27.6 Å². The first kappa shape index (κ1) is 22.0. The molecule has 0 amide bonds. The number of aromatic nitrogens is 1. The fraction of sp³-hybridized carbons (Fsp3) is 0.286. The van der Waals surface area contributed by atoms with E-state index in [1.165, 1.54) is 11.3 Å². The van der Waals surface area contributed by atoms with Crippen molar-refractivity contribution in [1.82, 2.24) is 15.6 Å². The summed E-state index contributed by atoms with van der Waals surface area (Å²) in [6, 6.07) is 9.53. The van der Waals surface area contributed by atoms with Crippen LogP contribution in [0.15, 0.2) is 39.9 Å². The van der Waals surface area contributed by atoms with Crippen molar-refractivity contribution in [3.05, 3.63) is 40.6 Å². The molecule has 1 aliphatic rings. The van der Waals surface area contributed by atoms with Crippen LogP contribution < -0.4 is 21.1 Å². The van der Waals surface area contributed by atoms with Gasteiger partial charge in [-0.1, -0.05) is 12.1 Å². The van der Waals surface area contributed by atoms with E-state index in [4.69, 9.17) is 20.9 Å². The number of carbonyl (C=O) groups excluding carboxylic acids is 1. The largest absolute Gasteiger partial charge is 0.481 e. The molecule has 1 aromatic carbocycles. The van der Waals surface area contributed by atoms with Gasteiger partial charge in [0.25, 0.3) is 0 Å². The average molecular weight is 474 g/mol. The quantitative estimate of drug-likeness (QED) is 0.172. The highest BCUT2D eigenvalue weighted by Gasteiger charge is 2.24. The number of hydrogen-bond donors (Lipinski definition) is 4. The Bertz CT molecular complexity index is 1070. The standard InChI is InChI=1S/C21H23N5O2S3/c1-29-21-14(8-18(31-21)19(22)23)20-26-16(11-30-20)12-3-2-4-13(7-12)28-17(10-27)15-9-24-5-6-25-15/h2-4,7-8,10-11,15,17,24-25H,5-6,9H2,1H3,(H3,22,23). The summed E-state index contributed by atoms with van der Waals surface area (Å²) in [7, 11) is 0. The Hall–Kier alpha value is -2.24. The highest BCUT2D eigenvalue weighted by Crippen LogP contribution is 2.40. The third-order valence-corrected chi connectivity index (χ3v) is 8.07. The zero-order valence-corrected chi connectivity index (χ0v) is 19.3. The van der Waals surface area contributed by atoms with Crippen molar-refractivity contribution in [3.63, 3.8) is 0 Å². The van der Waals surface area contributed by atoms with Crippen LogP contribution in [0, 0.1) is 5.41 Å². The number of rotatable bonds is 8. The number of ether oxygens (including phenoxy) is 1. The Kier molecular flexibility index (Phi) is 7.03. The molecule has 10 heteroatoms. The number of benzene rings is 1. The van der Waals surface area contributed by atoms with Gasteiger partial charge in [0.15, 0.2) is 12.4 Å². The number of nitrogen functional groups attached to an aromatic ring is 1. The van der Waals surface area contributed by atoms with Gasteiger partial charge in [0.05, 0.1) is 20.8 Å². The van der Waals surface area contributed by atoms with Gasteiger partial charge in [-0.3, -0.25) is 10.2 Å². The monoisotopic (exact) mass is 473 g/mol. The van der Waals surface area contributed by atoms with Crippen LogP contribution in [-0.4, -0.2) is 55.1 Å². The zero-order chi connectivity index (χ0) is 21.8. The number of amidine groups is 1. The molecule has 0 saturated carbocycles. The molecule has 4 rings (SSSR count). The summed E-state index contributed by atoms with van der Waals surface area (Å²) in [5, 5.41) is 17.2. The maximum atomic E-state index is 11.6. The van der Waals surface area contributed by atoms with Crippen molar-refractivity contribution < 1.29 is 9.53 Å². The Labute approximate surface area is 192 Å². The van der Waals surface area contributed by atoms with E-state index in [0.29, 0.717) is 12.3 Å². The summed E-state index contributed by atoms with van der Waals surface area (Å²) < 4.78 is 7.08. The summed E-state index contributed by atoms with van der Waals surface area (Å²) in [5.41, 5.74) is 8.43. The average Bonchev–Trinajstić information content (AvgIpc) is 3.45. The molecule has 1 saturated heterocycles. The third kappa shape index (κ3) is 4.99. The number of nitrogens with two attached hydrogens (primary N) is 1. The molecule has 0 aliphatic carbocycles. The van der Waals surface area contributed by atoms with Gasteiger partial charge in [-0.15, -0.1) is 34.4 Å². The van der Waals surface area contributed by atoms with Crippen molar-refractivity contribution >= 4 is 46.6 Å². The van der Waals surface area contributed by atoms with Crippen LogP contribution in [0.2, 0.25) is 0 Å². The van der Waals surface area contributed by atoms with Gasteiger partial charge in [-0.2, -0.15) is 0 Å². The van der Waals surface area contributed by atoms with Gasteiger partial charge in [0, 0.05) is 36.1 Å². The summed E-state index contributed by atoms with van der Waals surface area (Å²) in [6.45, 7) is 2.39. The fourth-order valence-corrected chi connectivity index (χ4v) is 6.05. The lowest BCUT2D eigenvalue weighted by molar-refractivity contribution is -0.115. The van der Waals surface area contributed by atoms with E-state index >= 15 is 0 Å². The number of thioether (sulfide) groups is 1. The van der Waals surface area contributed by atoms with E-state index in [0.717, 1.165) is 50.3 Å². The smallest absolute Gasteiger partial charge is 0.170 e. The number of carbonyl (C=O) groups is 1. The van der Waals surface area contributed by atoms with Crippen LogP contribution in [0.1, 0.15) is 4.88 Å². The zero-order valence-electron chi connectivity index (χ0n) is 16.9. The third-order valence-electron chi connectivity index (χ3n) is 4.89. The van der Waals surface area contributed by atoms with Crippen molar-refractivity contribution in [1.29, 1.82) is 5.41 Å². The molecule has 2 atom stereocenters. The molecule has 0 spiro atoms. The van der Waals surface area contributed by atoms with Crippen LogP contribution in [0.5, 0.6) is 5.75 Å². The van der Waals surface area contributed by atoms with E-state index in [1.807, 2.05) is 42.0 Å². The SMILES string of the molecule is CSc1sc(C(=N)N)cc1-c1nc(-c2cccc(OC(C=O)C3CNCCN3)c2)cs1. The molecule has 5 N–H and O–H groups in total. The second-order valence-corrected chi connectivity index (χ2v) is 9.96. The molecule has 0 bridgehead atoms. The molecule has 2 aromatic heterocycles. The molecule has 1 fully saturated rings. The van der Waals surface area contributed by atoms with E-state index in [-0.39, 0.29) is 11.9 Å². The molecule has 3 heterocycles. The minimum absolute atomic E-state index is 0.0557. The van der Waals surface area contributed by atoms with E-state index in [1.54, 1.807) is 23.1 Å². The van der Waals surface area contributed by atoms with Crippen molar-refractivity contribution in [2.45, 2.75) is 16.4 Å². The van der Waals surface area contributed by atoms with Crippen LogP contribution in [-0.2, 0) is 4.79 Å². The Morgan fingerprint density at radius 1 is 1.42 bits per heavy atom. The van der Waals surface area contributed by atoms with Gasteiger partial charge in [0.2, 0.25) is 0 Å². The number of thiazole rings is 1. The molecule has 1 aliphatic heterocycles. The van der Waals surface area contributed by atoms with Gasteiger partial charge in [0.1, 0.15) is 16.6 Å². The number of piperazine rings is 1. The molecule has 7 nitrogen and oxygen atoms in total. The minimum Gasteiger partial charge on any atom is -0.481 e. The Morgan fingerprint density at radius 3 is 3.00 bits per heavy atom. The van der Waals surface area contributed by atoms with E-state index < -0.39 is 6.10 Å². The highest BCUT2D eigenvalue weighted by atomic mass is 32.2. The number of hydrogen-bond acceptors (Lipinski definition) is 9. The Morgan fingerprint density at radius 2 is 2.29 bits per heavy atom. The predicted molar refractivity (Wildman–Crippen MR) is 129 cm³/mol. The number of thiophene rings is 1. The Balaban J connectivity index is 1.56. The molecule has 0 radical (unpaired) electrons. The first-order valence-corrected chi connectivity index (χ1v) is 12.7. The minimum atomic E-state index is -0.561. The topological polar surface area (TPSA) is 113 Å². The van der Waals surface area contributed by atoms with Gasteiger partial charge < -0.3 is 21.1 Å². The van der Waals surface area contributed by atoms with Gasteiger partial charge in [-0.25, -0.2) is 4.98 Å². The van der Waals surface area contributed by atoms with Crippen LogP contribution in [0.25, 0.3) is 21.8 Å². The lowest BCUT2D eigenvalue weighted by atomic mass is 10.1. The van der Waals surface area contributed by atoms with Gasteiger partial charge in [-0.05, 0) is 24.5 Å². The van der Waals surface area contributed by atoms with E-state index in [9.17, 15) is 4.79 Å². The molecule has 2 unspecified atom stereocenters. The summed E-state index contributed by atoms with van der Waals surface area (Å²) in [6.07, 6.45) is 2.30. The van der Waals surface area contributed by atoms with Crippen molar-refractivity contribution in [2.75, 3.05) is 25.9 Å². The second kappa shape index (κ2) is 9.92. The summed E-state index contributed by atoms with van der Waals surface area (Å²) >= 11 is 4.69. The highest BCUT2D eigenvalue weighted by molar-refractivity contribution is 8.00. The normalized spacial score (nSPS) is 17.3. The first-order valence-electron chi connectivity index (χ1n) is 9.73. The number of nitrogens with one attached hydrogen (secondary N) is 3. The number of nitrogens with zero attached hydrogens (tertiary/aromatic N) is 1. The van der Waals surface area contributed by atoms with Crippen molar-refractivity contribution in [2.24, 2.45) is 5.73 Å². The van der Waals surface area contributed by atoms with Gasteiger partial charge >= 0.3 is 0 Å². The molecule has 3 aromatic rings. The maximum Gasteiger partial charge on any atom is 0.170 e. The fourth-order valence-electron chi connectivity index (χ4n) is 3.34. The predicted octanol–water partition coefficient (Wildman–Crippen LogP) is 3.05. The molecule has 31 heavy (non-hydrogen) atoms. The summed E-state index contributed by atoms with van der Waals surface area (Å²) in [4.78, 5) is 17.2. The second-order valence-electron chi connectivity index (χ2n) is 6.98. The molecule has 162 valence electrons. The maximum absolute atomic E-state index is 11.6. The molecular formula is C21H23N5O2S3. The van der Waals surface area contributed by atoms with Crippen LogP contribution in [0.3, 0.4) is 0 Å². The van der Waals surface area contributed by atoms with E-state index in [2.05, 4.69) is 10.6 Å². The lowest BCUT2D eigenvalue weighted by Gasteiger charge is -2.29. The number of aldehydes is 1. The first-order chi connectivity index (χ1) is 15.1. The van der Waals surface area contributed by atoms with Crippen LogP contribution >= 0.6 is 34.4 Å². The summed E-state index contributed by atoms with van der Waals surface area (Å²) in [5.74, 6) is 0.705. The lowest BCUT2D eigenvalue weighted by Crippen LogP contribution is -2.56.